The number of benzene rings is 1. The van der Waals surface area contributed by atoms with Crippen molar-refractivity contribution < 1.29 is 14.3 Å². The van der Waals surface area contributed by atoms with E-state index in [0.29, 0.717) is 5.69 Å². The molecule has 2 rings (SSSR count). The fourth-order valence-electron chi connectivity index (χ4n) is 1.79. The van der Waals surface area contributed by atoms with E-state index in [2.05, 4.69) is 0 Å². The van der Waals surface area contributed by atoms with Crippen molar-refractivity contribution in [3.8, 4) is 0 Å². The van der Waals surface area contributed by atoms with Crippen molar-refractivity contribution in [3.05, 3.63) is 29.6 Å². The van der Waals surface area contributed by atoms with Gasteiger partial charge in [-0.05, 0) is 24.6 Å². The van der Waals surface area contributed by atoms with E-state index < -0.39 is 6.10 Å². The molecule has 3 nitrogen and oxygen atoms in total. The summed E-state index contributed by atoms with van der Waals surface area (Å²) in [7, 11) is 0. The molecule has 4 heteroatoms. The van der Waals surface area contributed by atoms with Gasteiger partial charge in [-0.1, -0.05) is 6.07 Å². The molecule has 0 spiro atoms. The van der Waals surface area contributed by atoms with Crippen LogP contribution in [0.5, 0.6) is 0 Å². The number of hydrogen-bond acceptors (Lipinski definition) is 2. The lowest BCUT2D eigenvalue weighted by Gasteiger charge is -2.18. The number of nitrogens with zero attached hydrogens (tertiary/aromatic N) is 1. The highest BCUT2D eigenvalue weighted by Crippen LogP contribution is 2.25. The van der Waals surface area contributed by atoms with Crippen molar-refractivity contribution in [1.82, 2.24) is 0 Å². The molecule has 1 heterocycles. The summed E-state index contributed by atoms with van der Waals surface area (Å²) in [4.78, 5) is 12.9. The SMILES string of the molecule is Cc1ccc(F)cc1N1CC(O)CC1=O. The molecule has 0 radical (unpaired) electrons. The molecule has 0 aromatic heterocycles. The second-order valence-electron chi connectivity index (χ2n) is 3.79. The number of amides is 1. The highest BCUT2D eigenvalue weighted by atomic mass is 19.1. The normalized spacial score (nSPS) is 21.1. The van der Waals surface area contributed by atoms with Gasteiger partial charge in [0.25, 0.3) is 0 Å². The molecule has 1 fully saturated rings. The molecular formula is C11H12FNO2. The van der Waals surface area contributed by atoms with Gasteiger partial charge in [0.1, 0.15) is 5.82 Å². The van der Waals surface area contributed by atoms with Gasteiger partial charge in [-0.3, -0.25) is 4.79 Å². The highest BCUT2D eigenvalue weighted by Gasteiger charge is 2.29. The third-order valence-electron chi connectivity index (χ3n) is 2.57. The topological polar surface area (TPSA) is 40.5 Å². The second-order valence-corrected chi connectivity index (χ2v) is 3.79. The number of carbonyl (C=O) groups is 1. The summed E-state index contributed by atoms with van der Waals surface area (Å²) in [6.07, 6.45) is -0.518. The Morgan fingerprint density at radius 1 is 1.53 bits per heavy atom. The number of hydrogen-bond donors (Lipinski definition) is 1. The van der Waals surface area contributed by atoms with Gasteiger partial charge in [0.2, 0.25) is 5.91 Å². The zero-order valence-electron chi connectivity index (χ0n) is 8.40. The average molecular weight is 209 g/mol. The lowest BCUT2D eigenvalue weighted by atomic mass is 10.2. The second kappa shape index (κ2) is 3.62. The number of carbonyl (C=O) groups excluding carboxylic acids is 1. The quantitative estimate of drug-likeness (QED) is 0.755. The fourth-order valence-corrected chi connectivity index (χ4v) is 1.79. The van der Waals surface area contributed by atoms with E-state index in [-0.39, 0.29) is 24.7 Å². The number of rotatable bonds is 1. The van der Waals surface area contributed by atoms with Crippen LogP contribution in [0.3, 0.4) is 0 Å². The van der Waals surface area contributed by atoms with Crippen LogP contribution in [0.4, 0.5) is 10.1 Å². The molecule has 0 saturated carbocycles. The van der Waals surface area contributed by atoms with E-state index in [1.165, 1.54) is 17.0 Å². The minimum Gasteiger partial charge on any atom is -0.391 e. The summed E-state index contributed by atoms with van der Waals surface area (Å²) in [5.74, 6) is -0.527. The van der Waals surface area contributed by atoms with Crippen LogP contribution in [0.2, 0.25) is 0 Å². The summed E-state index contributed by atoms with van der Waals surface area (Å²) in [6.45, 7) is 2.07. The van der Waals surface area contributed by atoms with Gasteiger partial charge in [0.15, 0.2) is 0 Å². The Labute approximate surface area is 87.1 Å². The van der Waals surface area contributed by atoms with Crippen molar-refractivity contribution in [1.29, 1.82) is 0 Å². The van der Waals surface area contributed by atoms with E-state index in [1.807, 2.05) is 6.92 Å². The predicted octanol–water partition coefficient (Wildman–Crippen LogP) is 1.23. The molecule has 1 amide bonds. The van der Waals surface area contributed by atoms with Gasteiger partial charge >= 0.3 is 0 Å². The third kappa shape index (κ3) is 1.85. The molecule has 1 atom stereocenters. The summed E-state index contributed by atoms with van der Waals surface area (Å²) >= 11 is 0. The van der Waals surface area contributed by atoms with Gasteiger partial charge in [0, 0.05) is 5.69 Å². The van der Waals surface area contributed by atoms with Crippen molar-refractivity contribution in [2.24, 2.45) is 0 Å². The Kier molecular flexibility index (Phi) is 2.44. The van der Waals surface area contributed by atoms with Gasteiger partial charge in [-0.15, -0.1) is 0 Å². The molecule has 1 N–H and O–H groups in total. The predicted molar refractivity (Wildman–Crippen MR) is 54.1 cm³/mol. The average Bonchev–Trinajstić information content (AvgIpc) is 2.50. The third-order valence-corrected chi connectivity index (χ3v) is 2.57. The molecule has 80 valence electrons. The van der Waals surface area contributed by atoms with Crippen LogP contribution in [0.15, 0.2) is 18.2 Å². The number of aryl methyl sites for hydroxylation is 1. The van der Waals surface area contributed by atoms with Crippen LogP contribution >= 0.6 is 0 Å². The first-order valence-corrected chi connectivity index (χ1v) is 4.82. The van der Waals surface area contributed by atoms with Crippen molar-refractivity contribution in [2.75, 3.05) is 11.4 Å². The molecule has 15 heavy (non-hydrogen) atoms. The molecule has 1 saturated heterocycles. The summed E-state index contributed by atoms with van der Waals surface area (Å²) in [5, 5.41) is 9.34. The number of halogens is 1. The molecule has 1 aliphatic heterocycles. The summed E-state index contributed by atoms with van der Waals surface area (Å²) in [6, 6.07) is 4.31. The maximum atomic E-state index is 13.0. The Hall–Kier alpha value is -1.42. The number of anilines is 1. The van der Waals surface area contributed by atoms with Gasteiger partial charge < -0.3 is 10.0 Å². The van der Waals surface area contributed by atoms with Crippen molar-refractivity contribution >= 4 is 11.6 Å². The Morgan fingerprint density at radius 2 is 2.27 bits per heavy atom. The first-order chi connectivity index (χ1) is 7.08. The van der Waals surface area contributed by atoms with Crippen LogP contribution in [-0.4, -0.2) is 23.7 Å². The van der Waals surface area contributed by atoms with E-state index in [1.54, 1.807) is 6.07 Å². The van der Waals surface area contributed by atoms with E-state index in [4.69, 9.17) is 0 Å². The number of aliphatic hydroxyl groups excluding tert-OH is 1. The molecular weight excluding hydrogens is 197 g/mol. The number of β-amino-alcohol motifs (C(OH)–C–C–N with tert-alkyl or cyclic N) is 1. The van der Waals surface area contributed by atoms with Crippen LogP contribution in [0.25, 0.3) is 0 Å². The minimum atomic E-state index is -0.639. The lowest BCUT2D eigenvalue weighted by Crippen LogP contribution is -2.26. The highest BCUT2D eigenvalue weighted by molar-refractivity contribution is 5.96. The largest absolute Gasteiger partial charge is 0.391 e. The van der Waals surface area contributed by atoms with E-state index in [9.17, 15) is 14.3 Å². The zero-order chi connectivity index (χ0) is 11.0. The van der Waals surface area contributed by atoms with Crippen LogP contribution in [0, 0.1) is 12.7 Å². The van der Waals surface area contributed by atoms with Crippen molar-refractivity contribution in [3.63, 3.8) is 0 Å². The monoisotopic (exact) mass is 209 g/mol. The van der Waals surface area contributed by atoms with Gasteiger partial charge in [-0.25, -0.2) is 4.39 Å². The molecule has 0 aliphatic carbocycles. The van der Waals surface area contributed by atoms with E-state index >= 15 is 0 Å². The molecule has 1 aromatic carbocycles. The molecule has 1 unspecified atom stereocenters. The lowest BCUT2D eigenvalue weighted by molar-refractivity contribution is -0.117. The van der Waals surface area contributed by atoms with Crippen LogP contribution in [-0.2, 0) is 4.79 Å². The maximum absolute atomic E-state index is 13.0. The molecule has 1 aromatic rings. The van der Waals surface area contributed by atoms with Gasteiger partial charge in [0.05, 0.1) is 19.1 Å². The Morgan fingerprint density at radius 3 is 2.87 bits per heavy atom. The molecule has 1 aliphatic rings. The molecule has 0 bridgehead atoms. The first kappa shape index (κ1) is 10.1. The summed E-state index contributed by atoms with van der Waals surface area (Å²) < 4.78 is 13.0. The smallest absolute Gasteiger partial charge is 0.229 e. The first-order valence-electron chi connectivity index (χ1n) is 4.82. The zero-order valence-corrected chi connectivity index (χ0v) is 8.40. The van der Waals surface area contributed by atoms with E-state index in [0.717, 1.165) is 5.56 Å². The van der Waals surface area contributed by atoms with Gasteiger partial charge in [-0.2, -0.15) is 0 Å². The van der Waals surface area contributed by atoms with Crippen LogP contribution < -0.4 is 4.90 Å². The minimum absolute atomic E-state index is 0.121. The van der Waals surface area contributed by atoms with Crippen LogP contribution in [0.1, 0.15) is 12.0 Å². The maximum Gasteiger partial charge on any atom is 0.229 e. The van der Waals surface area contributed by atoms with Crippen molar-refractivity contribution in [2.45, 2.75) is 19.4 Å². The Balaban J connectivity index is 2.37. The Bertz CT molecular complexity index is 406. The number of aliphatic hydroxyl groups is 1. The summed E-state index contributed by atoms with van der Waals surface area (Å²) in [5.41, 5.74) is 1.38. The standard InChI is InChI=1S/C11H12FNO2/c1-7-2-3-8(12)4-10(7)13-6-9(14)5-11(13)15/h2-4,9,14H,5-6H2,1H3. The fraction of sp³-hybridized carbons (Fsp3) is 0.364.